The summed E-state index contributed by atoms with van der Waals surface area (Å²) >= 11 is 6.20. The van der Waals surface area contributed by atoms with Gasteiger partial charge in [0.25, 0.3) is 0 Å². The van der Waals surface area contributed by atoms with Crippen LogP contribution in [0.15, 0.2) is 6.07 Å². The van der Waals surface area contributed by atoms with Gasteiger partial charge < -0.3 is 0 Å². The van der Waals surface area contributed by atoms with E-state index in [0.717, 1.165) is 11.1 Å². The minimum Gasteiger partial charge on any atom is -0.251 e. The molecule has 0 spiro atoms. The lowest BCUT2D eigenvalue weighted by atomic mass is 10.3. The Balaban J connectivity index is 1.88. The van der Waals surface area contributed by atoms with Gasteiger partial charge in [-0.05, 0) is 31.7 Å². The van der Waals surface area contributed by atoms with E-state index in [0.29, 0.717) is 6.04 Å². The van der Waals surface area contributed by atoms with Crippen molar-refractivity contribution >= 4 is 11.6 Å². The summed E-state index contributed by atoms with van der Waals surface area (Å²) in [6.45, 7) is 0. The van der Waals surface area contributed by atoms with Gasteiger partial charge in [-0.1, -0.05) is 24.4 Å². The van der Waals surface area contributed by atoms with E-state index in [1.165, 1.54) is 44.2 Å². The second-order valence-corrected chi connectivity index (χ2v) is 4.94. The summed E-state index contributed by atoms with van der Waals surface area (Å²) in [5.74, 6) is 0.718. The first-order valence-corrected chi connectivity index (χ1v) is 5.97. The zero-order valence-corrected chi connectivity index (χ0v) is 9.00. The molecule has 0 atom stereocenters. The fraction of sp³-hybridized carbons (Fsp3) is 0.727. The van der Waals surface area contributed by atoms with E-state index in [1.54, 1.807) is 0 Å². The van der Waals surface area contributed by atoms with Crippen molar-refractivity contribution in [3.63, 3.8) is 0 Å². The molecule has 0 radical (unpaired) electrons. The lowest BCUT2D eigenvalue weighted by Gasteiger charge is -2.10. The highest BCUT2D eigenvalue weighted by Gasteiger charge is 2.28. The predicted molar refractivity (Wildman–Crippen MR) is 56.7 cm³/mol. The Morgan fingerprint density at radius 2 is 1.93 bits per heavy atom. The molecule has 0 bridgehead atoms. The van der Waals surface area contributed by atoms with Crippen LogP contribution < -0.4 is 0 Å². The molecule has 0 N–H and O–H groups in total. The second-order valence-electron chi connectivity index (χ2n) is 4.55. The van der Waals surface area contributed by atoms with Crippen LogP contribution in [-0.2, 0) is 0 Å². The Morgan fingerprint density at radius 3 is 2.57 bits per heavy atom. The maximum Gasteiger partial charge on any atom is 0.127 e. The van der Waals surface area contributed by atoms with Crippen molar-refractivity contribution in [3.8, 4) is 0 Å². The first-order valence-electron chi connectivity index (χ1n) is 5.59. The molecule has 0 aromatic carbocycles. The van der Waals surface area contributed by atoms with Crippen molar-refractivity contribution in [1.29, 1.82) is 0 Å². The van der Waals surface area contributed by atoms with E-state index in [-0.39, 0.29) is 0 Å². The first-order chi connectivity index (χ1) is 6.84. The van der Waals surface area contributed by atoms with Crippen LogP contribution in [0.2, 0.25) is 5.15 Å². The number of aromatic nitrogens is 2. The van der Waals surface area contributed by atoms with Crippen LogP contribution in [0.4, 0.5) is 0 Å². The number of hydrogen-bond acceptors (Lipinski definition) is 1. The molecule has 76 valence electrons. The van der Waals surface area contributed by atoms with E-state index < -0.39 is 0 Å². The lowest BCUT2D eigenvalue weighted by Crippen LogP contribution is -2.06. The lowest BCUT2D eigenvalue weighted by molar-refractivity contribution is 0.464. The third-order valence-corrected chi connectivity index (χ3v) is 3.66. The maximum absolute atomic E-state index is 6.20. The van der Waals surface area contributed by atoms with Gasteiger partial charge in [-0.15, -0.1) is 0 Å². The standard InChI is InChI=1S/C11H15ClN2/c12-11-7-10(8-5-6-8)13-14(11)9-3-1-2-4-9/h7-9H,1-6H2. The Kier molecular flexibility index (Phi) is 2.05. The van der Waals surface area contributed by atoms with Crippen LogP contribution in [0.1, 0.15) is 56.2 Å². The molecule has 2 aliphatic rings. The molecule has 0 amide bonds. The molecule has 14 heavy (non-hydrogen) atoms. The molecule has 0 aliphatic heterocycles. The Hall–Kier alpha value is -0.500. The number of hydrogen-bond donors (Lipinski definition) is 0. The molecule has 2 fully saturated rings. The van der Waals surface area contributed by atoms with Crippen molar-refractivity contribution in [2.75, 3.05) is 0 Å². The zero-order valence-electron chi connectivity index (χ0n) is 8.25. The third kappa shape index (κ3) is 1.46. The molecule has 1 heterocycles. The predicted octanol–water partition coefficient (Wildman–Crippen LogP) is 3.53. The summed E-state index contributed by atoms with van der Waals surface area (Å²) in [7, 11) is 0. The van der Waals surface area contributed by atoms with E-state index in [9.17, 15) is 0 Å². The topological polar surface area (TPSA) is 17.8 Å². The minimum absolute atomic E-state index is 0.579. The molecule has 2 nitrogen and oxygen atoms in total. The average Bonchev–Trinajstić information content (AvgIpc) is 2.75. The van der Waals surface area contributed by atoms with Crippen LogP contribution in [0.25, 0.3) is 0 Å². The molecule has 1 aromatic rings. The smallest absolute Gasteiger partial charge is 0.127 e. The number of nitrogens with zero attached hydrogens (tertiary/aromatic N) is 2. The fourth-order valence-corrected chi connectivity index (χ4v) is 2.66. The minimum atomic E-state index is 0.579. The highest BCUT2D eigenvalue weighted by molar-refractivity contribution is 6.29. The van der Waals surface area contributed by atoms with Crippen LogP contribution in [0, 0.1) is 0 Å². The van der Waals surface area contributed by atoms with Crippen LogP contribution in [0.5, 0.6) is 0 Å². The molecule has 2 aliphatic carbocycles. The van der Waals surface area contributed by atoms with E-state index in [1.807, 2.05) is 0 Å². The normalized spacial score (nSPS) is 23.2. The van der Waals surface area contributed by atoms with E-state index in [2.05, 4.69) is 15.8 Å². The van der Waals surface area contributed by atoms with Crippen molar-refractivity contribution in [3.05, 3.63) is 16.9 Å². The summed E-state index contributed by atoms with van der Waals surface area (Å²) in [6.07, 6.45) is 7.78. The Bertz CT molecular complexity index is 335. The number of rotatable bonds is 2. The summed E-state index contributed by atoms with van der Waals surface area (Å²) in [5, 5.41) is 5.48. The SMILES string of the molecule is Clc1cc(C2CC2)nn1C1CCCC1. The molecular weight excluding hydrogens is 196 g/mol. The molecule has 0 unspecified atom stereocenters. The monoisotopic (exact) mass is 210 g/mol. The Labute approximate surface area is 89.2 Å². The van der Waals surface area contributed by atoms with Crippen molar-refractivity contribution < 1.29 is 0 Å². The van der Waals surface area contributed by atoms with Crippen molar-refractivity contribution in [2.45, 2.75) is 50.5 Å². The van der Waals surface area contributed by atoms with E-state index >= 15 is 0 Å². The maximum atomic E-state index is 6.20. The summed E-state index contributed by atoms with van der Waals surface area (Å²) in [6, 6.07) is 2.65. The van der Waals surface area contributed by atoms with Gasteiger partial charge in [0, 0.05) is 5.92 Å². The number of halogens is 1. The molecular formula is C11H15ClN2. The van der Waals surface area contributed by atoms with Gasteiger partial charge in [-0.2, -0.15) is 5.10 Å². The molecule has 3 heteroatoms. The van der Waals surface area contributed by atoms with Gasteiger partial charge in [0.05, 0.1) is 11.7 Å². The molecule has 1 aromatic heterocycles. The van der Waals surface area contributed by atoms with Gasteiger partial charge >= 0.3 is 0 Å². The molecule has 3 rings (SSSR count). The van der Waals surface area contributed by atoms with Crippen LogP contribution in [-0.4, -0.2) is 9.78 Å². The van der Waals surface area contributed by atoms with Gasteiger partial charge in [-0.25, -0.2) is 0 Å². The van der Waals surface area contributed by atoms with Gasteiger partial charge in [-0.3, -0.25) is 4.68 Å². The summed E-state index contributed by atoms with van der Waals surface area (Å²) in [4.78, 5) is 0. The Morgan fingerprint density at radius 1 is 1.21 bits per heavy atom. The van der Waals surface area contributed by atoms with Gasteiger partial charge in [0.2, 0.25) is 0 Å². The summed E-state index contributed by atoms with van der Waals surface area (Å²) < 4.78 is 2.06. The highest BCUT2D eigenvalue weighted by Crippen LogP contribution is 2.41. The van der Waals surface area contributed by atoms with Crippen LogP contribution in [0.3, 0.4) is 0 Å². The van der Waals surface area contributed by atoms with Gasteiger partial charge in [0.15, 0.2) is 0 Å². The largest absolute Gasteiger partial charge is 0.251 e. The van der Waals surface area contributed by atoms with Gasteiger partial charge in [0.1, 0.15) is 5.15 Å². The average molecular weight is 211 g/mol. The van der Waals surface area contributed by atoms with Crippen LogP contribution >= 0.6 is 11.6 Å². The molecule has 0 saturated heterocycles. The zero-order chi connectivity index (χ0) is 9.54. The third-order valence-electron chi connectivity index (χ3n) is 3.38. The quantitative estimate of drug-likeness (QED) is 0.730. The molecule has 2 saturated carbocycles. The summed E-state index contributed by atoms with van der Waals surface area (Å²) in [5.41, 5.74) is 1.22. The van der Waals surface area contributed by atoms with Crippen molar-refractivity contribution in [2.24, 2.45) is 0 Å². The highest BCUT2D eigenvalue weighted by atomic mass is 35.5. The second kappa shape index (κ2) is 3.27. The van der Waals surface area contributed by atoms with Crippen molar-refractivity contribution in [1.82, 2.24) is 9.78 Å². The fourth-order valence-electron chi connectivity index (χ4n) is 2.37. The first kappa shape index (κ1) is 8.78. The van der Waals surface area contributed by atoms with E-state index in [4.69, 9.17) is 11.6 Å².